The van der Waals surface area contributed by atoms with Gasteiger partial charge in [0.1, 0.15) is 13.2 Å². The topological polar surface area (TPSA) is 78.9 Å². The molecule has 0 N–H and O–H groups in total. The molecule has 0 aromatic rings. The van der Waals surface area contributed by atoms with Crippen LogP contribution in [-0.2, 0) is 28.6 Å². The number of carbonyl (C=O) groups excluding carboxylic acids is 3. The van der Waals surface area contributed by atoms with Crippen LogP contribution < -0.4 is 0 Å². The van der Waals surface area contributed by atoms with Crippen molar-refractivity contribution in [3.63, 3.8) is 0 Å². The molecule has 6 nitrogen and oxygen atoms in total. The van der Waals surface area contributed by atoms with Crippen LogP contribution in [0.2, 0.25) is 0 Å². The van der Waals surface area contributed by atoms with Gasteiger partial charge >= 0.3 is 17.9 Å². The molecule has 298 valence electrons. The first-order valence-electron chi connectivity index (χ1n) is 21.3. The summed E-state index contributed by atoms with van der Waals surface area (Å²) in [6.07, 6.45) is 48.2. The number of hydrogen-bond acceptors (Lipinski definition) is 6. The zero-order valence-electron chi connectivity index (χ0n) is 33.8. The Labute approximate surface area is 320 Å². The molecule has 0 rings (SSSR count). The van der Waals surface area contributed by atoms with Crippen molar-refractivity contribution in [3.05, 3.63) is 60.8 Å². The second kappa shape index (κ2) is 40.9. The van der Waals surface area contributed by atoms with Crippen molar-refractivity contribution in [3.8, 4) is 0 Å². The van der Waals surface area contributed by atoms with E-state index in [2.05, 4.69) is 63.3 Å². The molecule has 52 heavy (non-hydrogen) atoms. The smallest absolute Gasteiger partial charge is 0.309 e. The highest BCUT2D eigenvalue weighted by Gasteiger charge is 2.19. The molecule has 1 unspecified atom stereocenters. The van der Waals surface area contributed by atoms with Gasteiger partial charge < -0.3 is 14.2 Å². The second-order valence-corrected chi connectivity index (χ2v) is 13.9. The zero-order valence-corrected chi connectivity index (χ0v) is 33.8. The maximum absolute atomic E-state index is 12.6. The second-order valence-electron chi connectivity index (χ2n) is 13.9. The molecule has 1 atom stereocenters. The number of carbonyl (C=O) groups is 3. The summed E-state index contributed by atoms with van der Waals surface area (Å²) in [4.78, 5) is 37.4. The van der Waals surface area contributed by atoms with Crippen LogP contribution in [0, 0.1) is 0 Å². The fourth-order valence-corrected chi connectivity index (χ4v) is 5.61. The van der Waals surface area contributed by atoms with Crippen molar-refractivity contribution in [2.45, 2.75) is 200 Å². The molecule has 0 spiro atoms. The number of hydrogen-bond donors (Lipinski definition) is 0. The molecule has 0 saturated carbocycles. The van der Waals surface area contributed by atoms with Crippen molar-refractivity contribution >= 4 is 17.9 Å². The third-order valence-electron chi connectivity index (χ3n) is 8.80. The van der Waals surface area contributed by atoms with Crippen molar-refractivity contribution in [2.75, 3.05) is 13.2 Å². The van der Waals surface area contributed by atoms with Crippen LogP contribution in [0.3, 0.4) is 0 Å². The maximum Gasteiger partial charge on any atom is 0.309 e. The molecule has 0 aliphatic heterocycles. The normalized spacial score (nSPS) is 12.6. The predicted octanol–water partition coefficient (Wildman–Crippen LogP) is 13.4. The lowest BCUT2D eigenvalue weighted by Gasteiger charge is -2.18. The van der Waals surface area contributed by atoms with Gasteiger partial charge in [-0.05, 0) is 51.4 Å². The lowest BCUT2D eigenvalue weighted by atomic mass is 10.0. The first-order chi connectivity index (χ1) is 25.5. The van der Waals surface area contributed by atoms with Crippen molar-refractivity contribution in [1.29, 1.82) is 0 Å². The van der Waals surface area contributed by atoms with E-state index >= 15 is 0 Å². The summed E-state index contributed by atoms with van der Waals surface area (Å²) in [6, 6.07) is 0. The number of rotatable bonds is 37. The highest BCUT2D eigenvalue weighted by atomic mass is 16.6. The first kappa shape index (κ1) is 49.1. The molecule has 0 aromatic carbocycles. The Morgan fingerprint density at radius 1 is 0.423 bits per heavy atom. The molecular weight excluding hydrogens is 649 g/mol. The van der Waals surface area contributed by atoms with Gasteiger partial charge in [0, 0.05) is 12.8 Å². The van der Waals surface area contributed by atoms with Gasteiger partial charge in [-0.25, -0.2) is 0 Å². The Bertz CT molecular complexity index is 975. The van der Waals surface area contributed by atoms with Crippen molar-refractivity contribution < 1.29 is 28.6 Å². The van der Waals surface area contributed by atoms with Gasteiger partial charge in [0.2, 0.25) is 0 Å². The number of esters is 3. The minimum atomic E-state index is -0.826. The maximum atomic E-state index is 12.6. The van der Waals surface area contributed by atoms with Gasteiger partial charge in [-0.2, -0.15) is 0 Å². The van der Waals surface area contributed by atoms with E-state index in [9.17, 15) is 14.4 Å². The molecule has 0 radical (unpaired) electrons. The fourth-order valence-electron chi connectivity index (χ4n) is 5.61. The molecule has 0 heterocycles. The first-order valence-corrected chi connectivity index (χ1v) is 21.3. The molecule has 0 saturated heterocycles. The van der Waals surface area contributed by atoms with E-state index in [-0.39, 0.29) is 38.0 Å². The largest absolute Gasteiger partial charge is 0.462 e. The van der Waals surface area contributed by atoms with E-state index < -0.39 is 12.1 Å². The van der Waals surface area contributed by atoms with Crippen LogP contribution in [0.4, 0.5) is 0 Å². The van der Waals surface area contributed by atoms with Crippen LogP contribution >= 0.6 is 0 Å². The average molecular weight is 727 g/mol. The van der Waals surface area contributed by atoms with E-state index in [1.807, 2.05) is 12.2 Å². The van der Waals surface area contributed by atoms with Gasteiger partial charge in [0.15, 0.2) is 6.10 Å². The van der Waals surface area contributed by atoms with Gasteiger partial charge in [0.05, 0.1) is 6.42 Å². The third kappa shape index (κ3) is 38.3. The fraction of sp³-hybridized carbons (Fsp3) is 0.717. The van der Waals surface area contributed by atoms with Gasteiger partial charge in [-0.3, -0.25) is 14.4 Å². The van der Waals surface area contributed by atoms with Gasteiger partial charge in [-0.15, -0.1) is 0 Å². The highest BCUT2D eigenvalue weighted by Crippen LogP contribution is 2.13. The predicted molar refractivity (Wildman–Crippen MR) is 219 cm³/mol. The Balaban J connectivity index is 4.51. The Hall–Kier alpha value is -2.89. The number of ether oxygens (including phenoxy) is 3. The standard InChI is InChI=1S/C46H78O6/c1-4-7-10-13-16-19-21-23-25-27-30-33-36-39-45(48)51-42-43(41-50-44(47)38-35-32-29-26-18-15-12-9-6-3)52-46(49)40-37-34-31-28-24-22-20-17-14-11-8-5-2/h9,12,18,23,25-26,30,32-33,35,43H,4-8,10-11,13-17,19-22,24,27-29,31,34,36-42H2,1-3H3/b12-9-,25-23-,26-18-,33-30-,35-32-. The van der Waals surface area contributed by atoms with Crippen LogP contribution in [0.15, 0.2) is 60.8 Å². The molecular formula is C46H78O6. The van der Waals surface area contributed by atoms with Crippen LogP contribution in [0.1, 0.15) is 194 Å². The molecule has 0 aromatic heterocycles. The molecule has 0 aliphatic rings. The van der Waals surface area contributed by atoms with Crippen LogP contribution in [0.25, 0.3) is 0 Å². The van der Waals surface area contributed by atoms with Crippen LogP contribution in [-0.4, -0.2) is 37.2 Å². The average Bonchev–Trinajstić information content (AvgIpc) is 3.14. The van der Waals surface area contributed by atoms with E-state index in [0.717, 1.165) is 51.4 Å². The van der Waals surface area contributed by atoms with Gasteiger partial charge in [-0.1, -0.05) is 184 Å². The summed E-state index contributed by atoms with van der Waals surface area (Å²) in [5, 5.41) is 0. The van der Waals surface area contributed by atoms with Crippen molar-refractivity contribution in [1.82, 2.24) is 0 Å². The van der Waals surface area contributed by atoms with Gasteiger partial charge in [0.25, 0.3) is 0 Å². The summed E-state index contributed by atoms with van der Waals surface area (Å²) < 4.78 is 16.5. The quantitative estimate of drug-likeness (QED) is 0.0274. The molecule has 0 bridgehead atoms. The molecule has 6 heteroatoms. The van der Waals surface area contributed by atoms with Crippen molar-refractivity contribution in [2.24, 2.45) is 0 Å². The Kier molecular flexibility index (Phi) is 38.6. The van der Waals surface area contributed by atoms with E-state index in [0.29, 0.717) is 12.8 Å². The molecule has 0 amide bonds. The Morgan fingerprint density at radius 2 is 0.865 bits per heavy atom. The minimum Gasteiger partial charge on any atom is -0.462 e. The number of allylic oxidation sites excluding steroid dienone is 9. The third-order valence-corrected chi connectivity index (χ3v) is 8.80. The summed E-state index contributed by atoms with van der Waals surface area (Å²) in [7, 11) is 0. The lowest BCUT2D eigenvalue weighted by molar-refractivity contribution is -0.166. The highest BCUT2D eigenvalue weighted by molar-refractivity contribution is 5.72. The summed E-state index contributed by atoms with van der Waals surface area (Å²) in [6.45, 7) is 6.33. The minimum absolute atomic E-state index is 0.128. The van der Waals surface area contributed by atoms with E-state index in [1.165, 1.54) is 96.3 Å². The number of unbranched alkanes of at least 4 members (excludes halogenated alkanes) is 17. The molecule has 0 fully saturated rings. The summed E-state index contributed by atoms with van der Waals surface area (Å²) in [5.41, 5.74) is 0. The zero-order chi connectivity index (χ0) is 38.0. The van der Waals surface area contributed by atoms with E-state index in [1.54, 1.807) is 6.08 Å². The summed E-state index contributed by atoms with van der Waals surface area (Å²) in [5.74, 6) is -1.12. The van der Waals surface area contributed by atoms with E-state index in [4.69, 9.17) is 14.2 Å². The lowest BCUT2D eigenvalue weighted by Crippen LogP contribution is -2.30. The monoisotopic (exact) mass is 727 g/mol. The Morgan fingerprint density at radius 3 is 1.42 bits per heavy atom. The summed E-state index contributed by atoms with van der Waals surface area (Å²) >= 11 is 0. The SMILES string of the molecule is CC/C=C\C/C=C\C/C=C\CC(=O)OCC(COC(=O)CC/C=C\C/C=C\CCCCCCCC)OC(=O)CCCCCCCCCCCCCC. The van der Waals surface area contributed by atoms with Crippen LogP contribution in [0.5, 0.6) is 0 Å². The molecule has 0 aliphatic carbocycles.